The van der Waals surface area contributed by atoms with Gasteiger partial charge in [-0.1, -0.05) is 146 Å². The third-order valence-electron chi connectivity index (χ3n) is 10.5. The first-order chi connectivity index (χ1) is 27.7. The number of rotatable bonds is 6. The van der Waals surface area contributed by atoms with E-state index in [1.54, 1.807) is 0 Å². The molecule has 56 heavy (non-hydrogen) atoms. The lowest BCUT2D eigenvalue weighted by Gasteiger charge is -2.13. The van der Waals surface area contributed by atoms with Gasteiger partial charge >= 0.3 is 0 Å². The van der Waals surface area contributed by atoms with E-state index >= 15 is 0 Å². The monoisotopic (exact) mass is 733 g/mol. The molecule has 11 aromatic rings. The van der Waals surface area contributed by atoms with Crippen molar-refractivity contribution in [1.82, 2.24) is 15.0 Å². The maximum absolute atomic E-state index is 6.32. The molecule has 0 amide bonds. The second kappa shape index (κ2) is 13.3. The maximum Gasteiger partial charge on any atom is 0.164 e. The molecular weight excluding hydrogens is 703 g/mol. The number of hydrogen-bond acceptors (Lipinski definition) is 5. The largest absolute Gasteiger partial charge is 0.456 e. The van der Waals surface area contributed by atoms with Crippen LogP contribution in [0.2, 0.25) is 0 Å². The summed E-state index contributed by atoms with van der Waals surface area (Å²) < 4.78 is 8.86. The van der Waals surface area contributed by atoms with Crippen molar-refractivity contribution in [2.75, 3.05) is 0 Å². The van der Waals surface area contributed by atoms with Gasteiger partial charge in [-0.15, -0.1) is 11.3 Å². The van der Waals surface area contributed by atoms with E-state index in [4.69, 9.17) is 19.4 Å². The van der Waals surface area contributed by atoms with E-state index in [-0.39, 0.29) is 0 Å². The number of benzene rings is 8. The van der Waals surface area contributed by atoms with Gasteiger partial charge in [-0.3, -0.25) is 0 Å². The molecular formula is C51H31N3OS. The molecule has 0 radical (unpaired) electrons. The minimum absolute atomic E-state index is 0.581. The number of nitrogens with zero attached hydrogens (tertiary/aromatic N) is 3. The molecule has 0 aliphatic carbocycles. The van der Waals surface area contributed by atoms with E-state index in [1.807, 2.05) is 41.7 Å². The van der Waals surface area contributed by atoms with Crippen molar-refractivity contribution < 1.29 is 4.42 Å². The Morgan fingerprint density at radius 2 is 0.857 bits per heavy atom. The molecule has 5 heteroatoms. The van der Waals surface area contributed by atoms with Gasteiger partial charge in [-0.2, -0.15) is 0 Å². The quantitative estimate of drug-likeness (QED) is 0.171. The summed E-state index contributed by atoms with van der Waals surface area (Å²) >= 11 is 1.84. The zero-order valence-corrected chi connectivity index (χ0v) is 30.9. The highest BCUT2D eigenvalue weighted by molar-refractivity contribution is 7.26. The standard InChI is InChI=1S/C51H31N3OS/c1-3-12-32(13-4-1)34-22-24-35(25-23-34)49-52-50(36-26-27-42-41-16-7-9-20-45(41)55-46(42)31-36)54-51(53-49)39-29-37(33-14-5-2-6-15-33)28-38(30-39)40-18-11-19-44-43-17-8-10-21-47(43)56-48(40)44/h1-31H. The Bertz CT molecular complexity index is 3240. The zero-order valence-electron chi connectivity index (χ0n) is 30.1. The first kappa shape index (κ1) is 32.2. The van der Waals surface area contributed by atoms with Crippen LogP contribution in [0, 0.1) is 0 Å². The Morgan fingerprint density at radius 3 is 1.64 bits per heavy atom. The van der Waals surface area contributed by atoms with Crippen molar-refractivity contribution in [2.24, 2.45) is 0 Å². The average Bonchev–Trinajstić information content (AvgIpc) is 3.85. The van der Waals surface area contributed by atoms with Gasteiger partial charge in [-0.25, -0.2) is 15.0 Å². The van der Waals surface area contributed by atoms with Crippen LogP contribution in [0.4, 0.5) is 0 Å². The van der Waals surface area contributed by atoms with E-state index < -0.39 is 0 Å². The predicted molar refractivity (Wildman–Crippen MR) is 233 cm³/mol. The SMILES string of the molecule is c1ccc(-c2ccc(-c3nc(-c4cc(-c5ccccc5)cc(-c5cccc6c5sc5ccccc56)c4)nc(-c4ccc5c(c4)oc4ccccc45)n3)cc2)cc1. The lowest BCUT2D eigenvalue weighted by molar-refractivity contribution is 0.669. The molecule has 0 bridgehead atoms. The highest BCUT2D eigenvalue weighted by atomic mass is 32.1. The number of hydrogen-bond donors (Lipinski definition) is 0. The number of furan rings is 1. The van der Waals surface area contributed by atoms with Gasteiger partial charge in [0.15, 0.2) is 17.5 Å². The molecule has 262 valence electrons. The Morgan fingerprint density at radius 1 is 0.321 bits per heavy atom. The van der Waals surface area contributed by atoms with E-state index in [9.17, 15) is 0 Å². The molecule has 0 aliphatic heterocycles. The first-order valence-corrected chi connectivity index (χ1v) is 19.5. The Balaban J connectivity index is 1.12. The molecule has 11 rings (SSSR count). The fourth-order valence-electron chi connectivity index (χ4n) is 7.75. The van der Waals surface area contributed by atoms with Gasteiger partial charge in [0.25, 0.3) is 0 Å². The van der Waals surface area contributed by atoms with Crippen LogP contribution >= 0.6 is 11.3 Å². The Labute approximate surface area is 327 Å². The molecule has 0 saturated carbocycles. The summed E-state index contributed by atoms with van der Waals surface area (Å²) in [6, 6.07) is 65.8. The highest BCUT2D eigenvalue weighted by Gasteiger charge is 2.18. The second-order valence-corrected chi connectivity index (χ2v) is 15.1. The van der Waals surface area contributed by atoms with Crippen molar-refractivity contribution in [2.45, 2.75) is 0 Å². The Kier molecular flexibility index (Phi) is 7.64. The van der Waals surface area contributed by atoms with Gasteiger partial charge in [0.1, 0.15) is 11.2 Å². The van der Waals surface area contributed by atoms with Gasteiger partial charge < -0.3 is 4.42 Å². The third kappa shape index (κ3) is 5.65. The predicted octanol–water partition coefficient (Wildman–Crippen LogP) is 14.1. The normalized spacial score (nSPS) is 11.6. The fraction of sp³-hybridized carbons (Fsp3) is 0. The maximum atomic E-state index is 6.32. The van der Waals surface area contributed by atoms with Crippen LogP contribution in [0.1, 0.15) is 0 Å². The van der Waals surface area contributed by atoms with Crippen LogP contribution in [-0.4, -0.2) is 15.0 Å². The minimum Gasteiger partial charge on any atom is -0.456 e. The number of fused-ring (bicyclic) bond motifs is 6. The topological polar surface area (TPSA) is 51.8 Å². The van der Waals surface area contributed by atoms with Crippen LogP contribution < -0.4 is 0 Å². The Hall–Kier alpha value is -7.21. The molecule has 0 aliphatic rings. The lowest BCUT2D eigenvalue weighted by Crippen LogP contribution is -2.00. The molecule has 0 unspecified atom stereocenters. The van der Waals surface area contributed by atoms with Crippen molar-refractivity contribution in [3.8, 4) is 67.5 Å². The number of para-hydroxylation sites is 1. The summed E-state index contributed by atoms with van der Waals surface area (Å²) in [6.45, 7) is 0. The summed E-state index contributed by atoms with van der Waals surface area (Å²) in [5.41, 5.74) is 11.1. The van der Waals surface area contributed by atoms with E-state index in [0.29, 0.717) is 17.5 Å². The van der Waals surface area contributed by atoms with Crippen LogP contribution in [0.3, 0.4) is 0 Å². The van der Waals surface area contributed by atoms with Crippen LogP contribution in [0.25, 0.3) is 110 Å². The number of thiophene rings is 1. The van der Waals surface area contributed by atoms with Crippen LogP contribution in [0.5, 0.6) is 0 Å². The smallest absolute Gasteiger partial charge is 0.164 e. The fourth-order valence-corrected chi connectivity index (χ4v) is 8.99. The molecule has 8 aromatic carbocycles. The molecule has 0 N–H and O–H groups in total. The minimum atomic E-state index is 0.581. The lowest BCUT2D eigenvalue weighted by atomic mass is 9.95. The summed E-state index contributed by atoms with van der Waals surface area (Å²) in [6.07, 6.45) is 0. The molecule has 0 fully saturated rings. The van der Waals surface area contributed by atoms with Crippen LogP contribution in [-0.2, 0) is 0 Å². The molecule has 0 saturated heterocycles. The summed E-state index contributed by atoms with van der Waals surface area (Å²) in [5.74, 6) is 1.79. The molecule has 0 spiro atoms. The number of aromatic nitrogens is 3. The third-order valence-corrected chi connectivity index (χ3v) is 11.8. The van der Waals surface area contributed by atoms with E-state index in [0.717, 1.165) is 66.4 Å². The average molecular weight is 734 g/mol. The van der Waals surface area contributed by atoms with Crippen molar-refractivity contribution in [1.29, 1.82) is 0 Å². The molecule has 3 aromatic heterocycles. The van der Waals surface area contributed by atoms with Crippen molar-refractivity contribution >= 4 is 53.4 Å². The van der Waals surface area contributed by atoms with Gasteiger partial charge in [0, 0.05) is 47.6 Å². The van der Waals surface area contributed by atoms with Crippen molar-refractivity contribution in [3.05, 3.63) is 188 Å². The second-order valence-electron chi connectivity index (χ2n) is 14.0. The summed E-state index contributed by atoms with van der Waals surface area (Å²) in [5, 5.41) is 4.69. The van der Waals surface area contributed by atoms with Gasteiger partial charge in [-0.05, 0) is 75.8 Å². The van der Waals surface area contributed by atoms with E-state index in [2.05, 4.69) is 158 Å². The van der Waals surface area contributed by atoms with Crippen LogP contribution in [0.15, 0.2) is 192 Å². The molecule has 3 heterocycles. The first-order valence-electron chi connectivity index (χ1n) is 18.7. The van der Waals surface area contributed by atoms with Gasteiger partial charge in [0.2, 0.25) is 0 Å². The summed E-state index contributed by atoms with van der Waals surface area (Å²) in [7, 11) is 0. The van der Waals surface area contributed by atoms with Crippen molar-refractivity contribution in [3.63, 3.8) is 0 Å². The van der Waals surface area contributed by atoms with Gasteiger partial charge in [0.05, 0.1) is 0 Å². The van der Waals surface area contributed by atoms with E-state index in [1.165, 1.54) is 25.7 Å². The molecule has 4 nitrogen and oxygen atoms in total. The summed E-state index contributed by atoms with van der Waals surface area (Å²) in [4.78, 5) is 15.6. The molecule has 0 atom stereocenters. The highest BCUT2D eigenvalue weighted by Crippen LogP contribution is 2.42. The zero-order chi connectivity index (χ0) is 37.0.